The molecule has 4 rings (SSSR count). The van der Waals surface area contributed by atoms with Crippen LogP contribution in [-0.4, -0.2) is 41.5 Å². The molecule has 11 heteroatoms. The summed E-state index contributed by atoms with van der Waals surface area (Å²) in [7, 11) is 0. The second-order valence-electron chi connectivity index (χ2n) is 7.19. The number of carbonyl (C=O) groups is 2. The van der Waals surface area contributed by atoms with Crippen LogP contribution in [0.25, 0.3) is 0 Å². The predicted octanol–water partition coefficient (Wildman–Crippen LogP) is 3.84. The Labute approximate surface area is 167 Å². The fourth-order valence-electron chi connectivity index (χ4n) is 3.99. The van der Waals surface area contributed by atoms with Crippen molar-refractivity contribution in [3.8, 4) is 0 Å². The van der Waals surface area contributed by atoms with Crippen LogP contribution in [0.15, 0.2) is 24.4 Å². The molecular weight excluding hydrogens is 412 g/mol. The summed E-state index contributed by atoms with van der Waals surface area (Å²) in [6.45, 7) is 2.15. The molecule has 0 aliphatic carbocycles. The Hall–Kier alpha value is -2.69. The van der Waals surface area contributed by atoms with Crippen molar-refractivity contribution < 1.29 is 27.2 Å². The minimum Gasteiger partial charge on any atom is -0.342 e. The van der Waals surface area contributed by atoms with Crippen molar-refractivity contribution in [2.75, 3.05) is 29.9 Å². The molecule has 2 aliphatic rings. The number of hydrogen-bond acceptors (Lipinski definition) is 4. The van der Waals surface area contributed by atoms with Crippen molar-refractivity contribution >= 4 is 34.1 Å². The predicted molar refractivity (Wildman–Crippen MR) is 98.4 cm³/mol. The molecule has 1 fully saturated rings. The first kappa shape index (κ1) is 19.6. The molecule has 0 radical (unpaired) electrons. The molecule has 3 amide bonds. The number of halogens is 4. The number of hydrogen-bond donors (Lipinski definition) is 1. The van der Waals surface area contributed by atoms with Gasteiger partial charge >= 0.3 is 12.2 Å². The molecule has 6 nitrogen and oxygen atoms in total. The maximum Gasteiger partial charge on any atom is 0.416 e. The van der Waals surface area contributed by atoms with Gasteiger partial charge in [0.15, 0.2) is 10.3 Å². The number of likely N-dealkylation sites (tertiary alicyclic amines) is 1. The van der Waals surface area contributed by atoms with E-state index in [1.807, 2.05) is 0 Å². The minimum absolute atomic E-state index is 0.0543. The van der Waals surface area contributed by atoms with Crippen LogP contribution >= 0.6 is 11.3 Å². The van der Waals surface area contributed by atoms with Crippen molar-refractivity contribution in [2.24, 2.45) is 0 Å². The van der Waals surface area contributed by atoms with Crippen LogP contribution in [0.4, 0.5) is 33.2 Å². The van der Waals surface area contributed by atoms with Crippen molar-refractivity contribution in [1.82, 2.24) is 9.88 Å². The van der Waals surface area contributed by atoms with E-state index in [1.54, 1.807) is 4.90 Å². The number of alkyl halides is 3. The molecule has 154 valence electrons. The zero-order valence-electron chi connectivity index (χ0n) is 15.2. The van der Waals surface area contributed by atoms with Crippen molar-refractivity contribution in [3.05, 3.63) is 40.7 Å². The van der Waals surface area contributed by atoms with Gasteiger partial charge in [-0.25, -0.2) is 9.78 Å². The van der Waals surface area contributed by atoms with Crippen LogP contribution in [0.2, 0.25) is 0 Å². The van der Waals surface area contributed by atoms with Crippen LogP contribution in [0.5, 0.6) is 0 Å². The molecule has 0 bridgehead atoms. The zero-order valence-corrected chi connectivity index (χ0v) is 16.0. The van der Waals surface area contributed by atoms with Crippen molar-refractivity contribution in [3.63, 3.8) is 0 Å². The summed E-state index contributed by atoms with van der Waals surface area (Å²) < 4.78 is 53.0. The number of nitrogens with one attached hydrogen (secondary N) is 1. The molecular formula is C18H16F4N4O2S. The normalized spacial score (nSPS) is 21.0. The Morgan fingerprint density at radius 2 is 2.03 bits per heavy atom. The van der Waals surface area contributed by atoms with E-state index in [4.69, 9.17) is 0 Å². The number of urea groups is 1. The topological polar surface area (TPSA) is 65.5 Å². The Morgan fingerprint density at radius 3 is 2.62 bits per heavy atom. The lowest BCUT2D eigenvalue weighted by Crippen LogP contribution is -2.41. The van der Waals surface area contributed by atoms with Gasteiger partial charge in [0.05, 0.1) is 11.8 Å². The molecule has 29 heavy (non-hydrogen) atoms. The number of anilines is 2. The van der Waals surface area contributed by atoms with Crippen LogP contribution in [-0.2, 0) is 16.4 Å². The number of nitrogens with zero attached hydrogens (tertiary/aromatic N) is 3. The number of carbonyl (C=O) groups excluding carboxylic acids is 2. The van der Waals surface area contributed by atoms with E-state index in [0.717, 1.165) is 18.3 Å². The standard InChI is InChI=1S/C18H16F4N4O2S/c1-10(27)25-5-4-17(8-25)9-26(16(28)24-15-23-7-14(19)29-15)13-3-2-11(6-12(13)17)18(20,21)22/h2-3,6-7H,4-5,8-9H2,1H3,(H,23,24,28). The van der Waals surface area contributed by atoms with Gasteiger partial charge < -0.3 is 4.90 Å². The highest BCUT2D eigenvalue weighted by atomic mass is 32.1. The maximum atomic E-state index is 13.3. The molecule has 3 heterocycles. The molecule has 1 aromatic heterocycles. The van der Waals surface area contributed by atoms with E-state index >= 15 is 0 Å². The van der Waals surface area contributed by atoms with Gasteiger partial charge in [-0.05, 0) is 30.2 Å². The second-order valence-corrected chi connectivity index (χ2v) is 8.17. The highest BCUT2D eigenvalue weighted by Crippen LogP contribution is 2.48. The lowest BCUT2D eigenvalue weighted by Gasteiger charge is -2.25. The van der Waals surface area contributed by atoms with Gasteiger partial charge in [-0.3, -0.25) is 15.0 Å². The van der Waals surface area contributed by atoms with E-state index in [9.17, 15) is 27.2 Å². The van der Waals surface area contributed by atoms with Gasteiger partial charge in [0.2, 0.25) is 5.91 Å². The van der Waals surface area contributed by atoms with E-state index < -0.39 is 28.3 Å². The fourth-order valence-corrected chi connectivity index (χ4v) is 4.52. The minimum atomic E-state index is -4.52. The van der Waals surface area contributed by atoms with Crippen LogP contribution in [0.3, 0.4) is 0 Å². The summed E-state index contributed by atoms with van der Waals surface area (Å²) in [5, 5.41) is 1.97. The van der Waals surface area contributed by atoms with Gasteiger partial charge in [-0.1, -0.05) is 11.3 Å². The highest BCUT2D eigenvalue weighted by Gasteiger charge is 2.50. The summed E-state index contributed by atoms with van der Waals surface area (Å²) in [4.78, 5) is 31.2. The fraction of sp³-hybridized carbons (Fsp3) is 0.389. The van der Waals surface area contributed by atoms with Crippen molar-refractivity contribution in [2.45, 2.75) is 24.9 Å². The van der Waals surface area contributed by atoms with Gasteiger partial charge in [0.25, 0.3) is 0 Å². The summed E-state index contributed by atoms with van der Waals surface area (Å²) in [6.07, 6.45) is -3.11. The van der Waals surface area contributed by atoms with Gasteiger partial charge in [0, 0.05) is 37.7 Å². The summed E-state index contributed by atoms with van der Waals surface area (Å²) in [5.74, 6) is -0.170. The lowest BCUT2D eigenvalue weighted by molar-refractivity contribution is -0.137. The number of benzene rings is 1. The largest absolute Gasteiger partial charge is 0.416 e. The molecule has 1 spiro atoms. The average Bonchev–Trinajstić information content (AvgIpc) is 3.33. The Kier molecular flexibility index (Phi) is 4.52. The molecule has 1 unspecified atom stereocenters. The second kappa shape index (κ2) is 6.68. The van der Waals surface area contributed by atoms with Crippen LogP contribution in [0, 0.1) is 5.13 Å². The van der Waals surface area contributed by atoms with E-state index in [0.29, 0.717) is 35.6 Å². The smallest absolute Gasteiger partial charge is 0.342 e. The molecule has 0 saturated carbocycles. The van der Waals surface area contributed by atoms with Gasteiger partial charge in [-0.2, -0.15) is 17.6 Å². The highest BCUT2D eigenvalue weighted by molar-refractivity contribution is 7.14. The molecule has 1 atom stereocenters. The summed E-state index contributed by atoms with van der Waals surface area (Å²) in [5.41, 5.74) is -0.857. The summed E-state index contributed by atoms with van der Waals surface area (Å²) >= 11 is 0.652. The van der Waals surface area contributed by atoms with Gasteiger partial charge in [-0.15, -0.1) is 0 Å². The van der Waals surface area contributed by atoms with E-state index in [2.05, 4.69) is 10.3 Å². The number of rotatable bonds is 1. The van der Waals surface area contributed by atoms with Gasteiger partial charge in [0.1, 0.15) is 0 Å². The number of thiazole rings is 1. The first-order valence-electron chi connectivity index (χ1n) is 8.76. The SMILES string of the molecule is CC(=O)N1CCC2(C1)CN(C(=O)Nc1ncc(F)s1)c1ccc(C(F)(F)F)cc12. The zero-order chi connectivity index (χ0) is 21.0. The summed E-state index contributed by atoms with van der Waals surface area (Å²) in [6, 6.07) is 2.65. The average molecular weight is 428 g/mol. The first-order chi connectivity index (χ1) is 13.6. The molecule has 2 aliphatic heterocycles. The number of aromatic nitrogens is 1. The van der Waals surface area contributed by atoms with E-state index in [1.165, 1.54) is 17.9 Å². The molecule has 1 N–H and O–H groups in total. The Morgan fingerprint density at radius 1 is 1.28 bits per heavy atom. The Bertz CT molecular complexity index is 992. The Balaban J connectivity index is 1.71. The van der Waals surface area contributed by atoms with Crippen LogP contribution in [0.1, 0.15) is 24.5 Å². The third-order valence-corrected chi connectivity index (χ3v) is 6.08. The van der Waals surface area contributed by atoms with Crippen molar-refractivity contribution in [1.29, 1.82) is 0 Å². The molecule has 1 saturated heterocycles. The van der Waals surface area contributed by atoms with E-state index in [-0.39, 0.29) is 24.1 Å². The quantitative estimate of drug-likeness (QED) is 0.702. The third kappa shape index (κ3) is 3.43. The number of fused-ring (bicyclic) bond motifs is 2. The first-order valence-corrected chi connectivity index (χ1v) is 9.58. The lowest BCUT2D eigenvalue weighted by atomic mass is 9.81. The monoisotopic (exact) mass is 428 g/mol. The molecule has 2 aromatic rings. The van der Waals surface area contributed by atoms with Crippen LogP contribution < -0.4 is 10.2 Å². The third-order valence-electron chi connectivity index (χ3n) is 5.38. The molecule has 1 aromatic carbocycles. The number of amides is 3. The maximum absolute atomic E-state index is 13.3.